The molecule has 2 aromatic rings. The van der Waals surface area contributed by atoms with E-state index in [0.717, 1.165) is 28.1 Å². The molecule has 0 amide bonds. The van der Waals surface area contributed by atoms with E-state index < -0.39 is 0 Å². The molecular formula is C22H26N2O. The van der Waals surface area contributed by atoms with Crippen molar-refractivity contribution in [3.8, 4) is 17.6 Å². The molecule has 0 bridgehead atoms. The van der Waals surface area contributed by atoms with E-state index in [0.29, 0.717) is 0 Å². The van der Waals surface area contributed by atoms with Gasteiger partial charge in [0.2, 0.25) is 0 Å². The van der Waals surface area contributed by atoms with Crippen LogP contribution in [-0.4, -0.2) is 33.0 Å². The molecule has 0 saturated carbocycles. The van der Waals surface area contributed by atoms with Crippen molar-refractivity contribution in [1.29, 1.82) is 0 Å². The van der Waals surface area contributed by atoms with Crippen LogP contribution in [0.5, 0.6) is 5.75 Å². The molecule has 0 fully saturated rings. The van der Waals surface area contributed by atoms with E-state index in [9.17, 15) is 0 Å². The number of aliphatic imine (C=N–C) groups is 1. The van der Waals surface area contributed by atoms with Gasteiger partial charge >= 0.3 is 0 Å². The molecule has 0 radical (unpaired) electrons. The van der Waals surface area contributed by atoms with Crippen LogP contribution >= 0.6 is 0 Å². The Bertz CT molecular complexity index is 818. The topological polar surface area (TPSA) is 24.8 Å². The number of nitrogens with zero attached hydrogens (tertiary/aromatic N) is 2. The first-order valence-electron chi connectivity index (χ1n) is 8.32. The summed E-state index contributed by atoms with van der Waals surface area (Å²) in [5, 5.41) is 0. The molecule has 130 valence electrons. The summed E-state index contributed by atoms with van der Waals surface area (Å²) in [5.41, 5.74) is 3.84. The van der Waals surface area contributed by atoms with E-state index in [-0.39, 0.29) is 5.54 Å². The molecule has 0 saturated heterocycles. The summed E-state index contributed by atoms with van der Waals surface area (Å²) in [4.78, 5) is 6.72. The van der Waals surface area contributed by atoms with Crippen molar-refractivity contribution in [2.75, 3.05) is 26.1 Å². The number of rotatable bonds is 3. The Morgan fingerprint density at radius 1 is 1.00 bits per heavy atom. The monoisotopic (exact) mass is 334 g/mol. The Morgan fingerprint density at radius 3 is 2.32 bits per heavy atom. The van der Waals surface area contributed by atoms with Crippen LogP contribution < -0.4 is 9.64 Å². The van der Waals surface area contributed by atoms with Crippen molar-refractivity contribution in [1.82, 2.24) is 0 Å². The zero-order valence-corrected chi connectivity index (χ0v) is 15.9. The predicted octanol–water partition coefficient (Wildman–Crippen LogP) is 4.38. The van der Waals surface area contributed by atoms with Gasteiger partial charge in [-0.15, -0.1) is 0 Å². The molecule has 0 atom stereocenters. The Labute approximate surface area is 151 Å². The molecule has 0 aliphatic heterocycles. The van der Waals surface area contributed by atoms with E-state index in [1.54, 1.807) is 7.11 Å². The van der Waals surface area contributed by atoms with Gasteiger partial charge in [-0.1, -0.05) is 24.0 Å². The van der Waals surface area contributed by atoms with E-state index in [2.05, 4.69) is 54.6 Å². The van der Waals surface area contributed by atoms with Gasteiger partial charge in [-0.3, -0.25) is 4.99 Å². The van der Waals surface area contributed by atoms with Gasteiger partial charge < -0.3 is 9.64 Å². The summed E-state index contributed by atoms with van der Waals surface area (Å²) >= 11 is 0. The van der Waals surface area contributed by atoms with Crippen LogP contribution in [0.2, 0.25) is 0 Å². The molecular weight excluding hydrogens is 308 g/mol. The third kappa shape index (κ3) is 5.39. The van der Waals surface area contributed by atoms with Crippen LogP contribution in [0.25, 0.3) is 0 Å². The third-order valence-corrected chi connectivity index (χ3v) is 3.58. The average Bonchev–Trinajstić information content (AvgIpc) is 2.57. The van der Waals surface area contributed by atoms with Crippen molar-refractivity contribution < 1.29 is 4.74 Å². The maximum Gasteiger partial charge on any atom is 0.134 e. The van der Waals surface area contributed by atoms with Gasteiger partial charge in [0.15, 0.2) is 0 Å². The summed E-state index contributed by atoms with van der Waals surface area (Å²) in [6.45, 7) is 6.25. The highest BCUT2D eigenvalue weighted by Crippen LogP contribution is 2.19. The molecule has 0 N–H and O–H groups in total. The van der Waals surface area contributed by atoms with Gasteiger partial charge in [-0.05, 0) is 51.1 Å². The molecule has 2 aromatic carbocycles. The minimum absolute atomic E-state index is 0.124. The molecule has 3 heteroatoms. The van der Waals surface area contributed by atoms with Gasteiger partial charge in [-0.2, -0.15) is 0 Å². The lowest BCUT2D eigenvalue weighted by molar-refractivity contribution is 0.413. The van der Waals surface area contributed by atoms with Gasteiger partial charge in [0.25, 0.3) is 0 Å². The van der Waals surface area contributed by atoms with Crippen molar-refractivity contribution >= 4 is 11.9 Å². The molecule has 0 unspecified atom stereocenters. The molecule has 2 rings (SSSR count). The Kier molecular flexibility index (Phi) is 5.88. The summed E-state index contributed by atoms with van der Waals surface area (Å²) < 4.78 is 5.37. The zero-order valence-electron chi connectivity index (χ0n) is 15.9. The summed E-state index contributed by atoms with van der Waals surface area (Å²) in [5.74, 6) is 7.27. The maximum absolute atomic E-state index is 5.37. The van der Waals surface area contributed by atoms with E-state index in [4.69, 9.17) is 4.74 Å². The van der Waals surface area contributed by atoms with Crippen molar-refractivity contribution in [3.63, 3.8) is 0 Å². The fourth-order valence-electron chi connectivity index (χ4n) is 2.19. The number of ether oxygens (including phenoxy) is 1. The molecule has 0 aromatic heterocycles. The number of hydrogen-bond donors (Lipinski definition) is 0. The number of benzene rings is 2. The van der Waals surface area contributed by atoms with E-state index in [1.807, 2.05) is 50.6 Å². The van der Waals surface area contributed by atoms with E-state index >= 15 is 0 Å². The largest absolute Gasteiger partial charge is 0.495 e. The van der Waals surface area contributed by atoms with Crippen LogP contribution in [0.15, 0.2) is 47.5 Å². The lowest BCUT2D eigenvalue weighted by Crippen LogP contribution is -2.11. The Morgan fingerprint density at radius 2 is 1.68 bits per heavy atom. The number of anilines is 1. The molecule has 0 heterocycles. The lowest BCUT2D eigenvalue weighted by Gasteiger charge is -2.15. The molecule has 3 nitrogen and oxygen atoms in total. The van der Waals surface area contributed by atoms with Gasteiger partial charge in [-0.25, -0.2) is 0 Å². The van der Waals surface area contributed by atoms with Crippen LogP contribution in [0.4, 0.5) is 5.69 Å². The maximum atomic E-state index is 5.37. The van der Waals surface area contributed by atoms with E-state index in [1.165, 1.54) is 0 Å². The first-order valence-corrected chi connectivity index (χ1v) is 8.32. The number of hydrogen-bond acceptors (Lipinski definition) is 3. The van der Waals surface area contributed by atoms with Gasteiger partial charge in [0.05, 0.1) is 18.2 Å². The first-order chi connectivity index (χ1) is 11.8. The highest BCUT2D eigenvalue weighted by atomic mass is 16.5. The van der Waals surface area contributed by atoms with Crippen LogP contribution in [-0.2, 0) is 0 Å². The predicted molar refractivity (Wildman–Crippen MR) is 107 cm³/mol. The van der Waals surface area contributed by atoms with Gasteiger partial charge in [0.1, 0.15) is 5.75 Å². The highest BCUT2D eigenvalue weighted by Gasteiger charge is 2.07. The van der Waals surface area contributed by atoms with Crippen LogP contribution in [0.1, 0.15) is 37.5 Å². The number of para-hydroxylation sites is 1. The summed E-state index contributed by atoms with van der Waals surface area (Å²) in [6.07, 6.45) is 1.92. The SMILES string of the molecule is COc1ccccc1C#Cc1ccc(N(C)C)cc1C=NC(C)(C)C. The second kappa shape index (κ2) is 7.90. The Balaban J connectivity index is 2.47. The summed E-state index contributed by atoms with van der Waals surface area (Å²) in [6, 6.07) is 14.0. The molecule has 25 heavy (non-hydrogen) atoms. The second-order valence-electron chi connectivity index (χ2n) is 7.05. The van der Waals surface area contributed by atoms with Crippen LogP contribution in [0.3, 0.4) is 0 Å². The van der Waals surface area contributed by atoms with Crippen molar-refractivity contribution in [3.05, 3.63) is 59.2 Å². The molecule has 0 aliphatic rings. The fraction of sp³-hybridized carbons (Fsp3) is 0.318. The average molecular weight is 334 g/mol. The summed E-state index contributed by atoms with van der Waals surface area (Å²) in [7, 11) is 5.72. The van der Waals surface area contributed by atoms with Crippen LogP contribution in [0, 0.1) is 11.8 Å². The third-order valence-electron chi connectivity index (χ3n) is 3.58. The highest BCUT2D eigenvalue weighted by molar-refractivity contribution is 5.85. The second-order valence-corrected chi connectivity index (χ2v) is 7.05. The normalized spacial score (nSPS) is 11.1. The fourth-order valence-corrected chi connectivity index (χ4v) is 2.19. The minimum Gasteiger partial charge on any atom is -0.495 e. The standard InChI is InChI=1S/C22H26N2O/c1-22(2,3)23-16-19-15-20(24(4)5)14-13-17(19)11-12-18-9-7-8-10-21(18)25-6/h7-10,13-16H,1-6H3. The molecule has 0 aliphatic carbocycles. The molecule has 0 spiro atoms. The smallest absolute Gasteiger partial charge is 0.134 e. The first kappa shape index (κ1) is 18.6. The van der Waals surface area contributed by atoms with Gasteiger partial charge in [0, 0.05) is 37.1 Å². The lowest BCUT2D eigenvalue weighted by atomic mass is 10.1. The zero-order chi connectivity index (χ0) is 18.4. The van der Waals surface area contributed by atoms with Crippen molar-refractivity contribution in [2.45, 2.75) is 26.3 Å². The minimum atomic E-state index is -0.124. The number of methoxy groups -OCH3 is 1. The van der Waals surface area contributed by atoms with Crippen molar-refractivity contribution in [2.24, 2.45) is 4.99 Å². The Hall–Kier alpha value is -2.73. The quantitative estimate of drug-likeness (QED) is 0.615.